The third-order valence-corrected chi connectivity index (χ3v) is 7.13. The molecule has 0 spiro atoms. The van der Waals surface area contributed by atoms with Gasteiger partial charge in [-0.25, -0.2) is 0 Å². The van der Waals surface area contributed by atoms with Crippen LogP contribution in [0.1, 0.15) is 12.8 Å². The number of nitrogens with zero attached hydrogens (tertiary/aromatic N) is 3. The zero-order valence-electron chi connectivity index (χ0n) is 17.6. The second-order valence-electron chi connectivity index (χ2n) is 7.39. The number of benzene rings is 1. The van der Waals surface area contributed by atoms with Gasteiger partial charge in [0.25, 0.3) is 0 Å². The Morgan fingerprint density at radius 3 is 2.48 bits per heavy atom. The number of ether oxygens (including phenoxy) is 2. The topological polar surface area (TPSA) is 49.3 Å². The van der Waals surface area contributed by atoms with Crippen LogP contribution in [0.4, 0.5) is 0 Å². The minimum Gasteiger partial charge on any atom is -0.492 e. The van der Waals surface area contributed by atoms with E-state index in [0.29, 0.717) is 0 Å². The molecule has 164 valence electrons. The maximum atomic E-state index is 5.83. The largest absolute Gasteiger partial charge is 0.492 e. The van der Waals surface area contributed by atoms with Gasteiger partial charge in [-0.2, -0.15) is 11.8 Å². The molecule has 1 aromatic rings. The van der Waals surface area contributed by atoms with Gasteiger partial charge in [0, 0.05) is 64.3 Å². The fourth-order valence-corrected chi connectivity index (χ4v) is 4.55. The molecule has 0 unspecified atom stereocenters. The monoisotopic (exact) mass is 534 g/mol. The minimum absolute atomic E-state index is 0. The summed E-state index contributed by atoms with van der Waals surface area (Å²) in [5.41, 5.74) is 0. The van der Waals surface area contributed by atoms with Crippen molar-refractivity contribution in [1.29, 1.82) is 0 Å². The molecule has 2 aliphatic rings. The Bertz CT molecular complexity index is 606. The Labute approximate surface area is 196 Å². The Kier molecular flexibility index (Phi) is 10.9. The van der Waals surface area contributed by atoms with Crippen LogP contribution in [-0.4, -0.2) is 92.9 Å². The van der Waals surface area contributed by atoms with Gasteiger partial charge in [0.2, 0.25) is 0 Å². The Morgan fingerprint density at radius 2 is 1.86 bits per heavy atom. The van der Waals surface area contributed by atoms with Crippen LogP contribution in [0.15, 0.2) is 35.3 Å². The Balaban J connectivity index is 0.00000300. The molecule has 0 aliphatic carbocycles. The van der Waals surface area contributed by atoms with Gasteiger partial charge < -0.3 is 19.7 Å². The van der Waals surface area contributed by atoms with Gasteiger partial charge in [0.05, 0.1) is 0 Å². The Hall–Kier alpha value is -0.710. The molecule has 3 rings (SSSR count). The smallest absolute Gasteiger partial charge is 0.193 e. The summed E-state index contributed by atoms with van der Waals surface area (Å²) in [5.74, 6) is 1.97. The number of hydrogen-bond donors (Lipinski definition) is 1. The maximum Gasteiger partial charge on any atom is 0.193 e. The summed E-state index contributed by atoms with van der Waals surface area (Å²) >= 11 is 1.96. The molecule has 2 heterocycles. The van der Waals surface area contributed by atoms with Gasteiger partial charge in [-0.1, -0.05) is 18.2 Å². The zero-order chi connectivity index (χ0) is 19.7. The van der Waals surface area contributed by atoms with Crippen molar-refractivity contribution in [2.75, 3.05) is 72.4 Å². The maximum absolute atomic E-state index is 5.83. The summed E-state index contributed by atoms with van der Waals surface area (Å²) in [5, 5.41) is 3.64. The summed E-state index contributed by atoms with van der Waals surface area (Å²) in [6.07, 6.45) is 4.42. The van der Waals surface area contributed by atoms with E-state index >= 15 is 0 Å². The highest BCUT2D eigenvalue weighted by molar-refractivity contribution is 14.0. The lowest BCUT2D eigenvalue weighted by molar-refractivity contribution is 0.0779. The lowest BCUT2D eigenvalue weighted by atomic mass is 9.99. The molecular formula is C21H35IN4O2S. The summed E-state index contributed by atoms with van der Waals surface area (Å²) < 4.78 is 11.6. The lowest BCUT2D eigenvalue weighted by Gasteiger charge is -2.39. The quantitative estimate of drug-likeness (QED) is 0.330. The third kappa shape index (κ3) is 7.48. The number of para-hydroxylation sites is 1. The van der Waals surface area contributed by atoms with Crippen LogP contribution in [0.5, 0.6) is 5.75 Å². The number of rotatable bonds is 7. The SMILES string of the molecule is CN=C(NCC1(SC)CCOCC1)N1CCN(CCOc2ccccc2)CC1.I. The summed E-state index contributed by atoms with van der Waals surface area (Å²) in [6, 6.07) is 10.0. The molecule has 2 saturated heterocycles. The van der Waals surface area contributed by atoms with Crippen molar-refractivity contribution in [3.05, 3.63) is 30.3 Å². The van der Waals surface area contributed by atoms with E-state index in [2.05, 4.69) is 26.4 Å². The first-order chi connectivity index (χ1) is 13.7. The van der Waals surface area contributed by atoms with Gasteiger partial charge in [-0.3, -0.25) is 9.89 Å². The summed E-state index contributed by atoms with van der Waals surface area (Å²) in [6.45, 7) is 8.46. The van der Waals surface area contributed by atoms with Crippen LogP contribution < -0.4 is 10.1 Å². The third-order valence-electron chi connectivity index (χ3n) is 5.71. The normalized spacial score (nSPS) is 20.1. The molecule has 0 radical (unpaired) electrons. The molecule has 0 amide bonds. The van der Waals surface area contributed by atoms with E-state index in [9.17, 15) is 0 Å². The van der Waals surface area contributed by atoms with E-state index in [-0.39, 0.29) is 28.7 Å². The van der Waals surface area contributed by atoms with Crippen LogP contribution in [0.3, 0.4) is 0 Å². The van der Waals surface area contributed by atoms with Crippen molar-refractivity contribution in [2.45, 2.75) is 17.6 Å². The number of nitrogens with one attached hydrogen (secondary N) is 1. The van der Waals surface area contributed by atoms with E-state index < -0.39 is 0 Å². The molecule has 2 fully saturated rings. The van der Waals surface area contributed by atoms with E-state index in [1.54, 1.807) is 0 Å². The van der Waals surface area contributed by atoms with Gasteiger partial charge in [-0.05, 0) is 31.2 Å². The molecule has 1 aromatic carbocycles. The lowest BCUT2D eigenvalue weighted by Crippen LogP contribution is -2.55. The van der Waals surface area contributed by atoms with Crippen molar-refractivity contribution < 1.29 is 9.47 Å². The molecule has 0 saturated carbocycles. The van der Waals surface area contributed by atoms with Crippen LogP contribution in [0, 0.1) is 0 Å². The first-order valence-electron chi connectivity index (χ1n) is 10.2. The average Bonchev–Trinajstić information content (AvgIpc) is 2.76. The van der Waals surface area contributed by atoms with Crippen molar-refractivity contribution >= 4 is 41.7 Å². The first kappa shape index (κ1) is 24.6. The van der Waals surface area contributed by atoms with Crippen molar-refractivity contribution in [3.63, 3.8) is 0 Å². The highest BCUT2D eigenvalue weighted by atomic mass is 127. The summed E-state index contributed by atoms with van der Waals surface area (Å²) in [7, 11) is 1.89. The fourth-order valence-electron chi connectivity index (χ4n) is 3.76. The number of piperazine rings is 1. The number of aliphatic imine (C=N–C) groups is 1. The highest BCUT2D eigenvalue weighted by Gasteiger charge is 2.32. The predicted molar refractivity (Wildman–Crippen MR) is 133 cm³/mol. The predicted octanol–water partition coefficient (Wildman–Crippen LogP) is 2.79. The summed E-state index contributed by atoms with van der Waals surface area (Å²) in [4.78, 5) is 9.38. The van der Waals surface area contributed by atoms with Crippen molar-refractivity contribution in [1.82, 2.24) is 15.1 Å². The minimum atomic E-state index is 0. The molecule has 1 N–H and O–H groups in total. The highest BCUT2D eigenvalue weighted by Crippen LogP contribution is 2.33. The van der Waals surface area contributed by atoms with Crippen LogP contribution in [0.2, 0.25) is 0 Å². The Morgan fingerprint density at radius 1 is 1.17 bits per heavy atom. The number of guanidine groups is 1. The molecular weight excluding hydrogens is 499 g/mol. The van der Waals surface area contributed by atoms with Gasteiger partial charge in [0.1, 0.15) is 12.4 Å². The van der Waals surface area contributed by atoms with Gasteiger partial charge in [0.15, 0.2) is 5.96 Å². The van der Waals surface area contributed by atoms with Gasteiger partial charge >= 0.3 is 0 Å². The zero-order valence-corrected chi connectivity index (χ0v) is 20.8. The van der Waals surface area contributed by atoms with E-state index in [0.717, 1.165) is 83.6 Å². The molecule has 8 heteroatoms. The molecule has 2 aliphatic heterocycles. The number of halogens is 1. The number of hydrogen-bond acceptors (Lipinski definition) is 5. The fraction of sp³-hybridized carbons (Fsp3) is 0.667. The second-order valence-corrected chi connectivity index (χ2v) is 8.66. The molecule has 0 bridgehead atoms. The van der Waals surface area contributed by atoms with Crippen molar-refractivity contribution in [3.8, 4) is 5.75 Å². The van der Waals surface area contributed by atoms with Crippen LogP contribution in [0.25, 0.3) is 0 Å². The molecule has 0 atom stereocenters. The van der Waals surface area contributed by atoms with E-state index in [1.807, 2.05) is 49.1 Å². The van der Waals surface area contributed by atoms with Crippen LogP contribution >= 0.6 is 35.7 Å². The first-order valence-corrected chi connectivity index (χ1v) is 11.5. The standard InChI is InChI=1S/C21H34N4O2S.HI/c1-22-20(23-18-21(28-2)8-15-26-16-9-21)25-12-10-24(11-13-25)14-17-27-19-6-4-3-5-7-19;/h3-7H,8-18H2,1-2H3,(H,22,23);1H. The van der Waals surface area contributed by atoms with Crippen LogP contribution in [-0.2, 0) is 4.74 Å². The number of thioether (sulfide) groups is 1. The van der Waals surface area contributed by atoms with E-state index in [1.165, 1.54) is 0 Å². The van der Waals surface area contributed by atoms with E-state index in [4.69, 9.17) is 9.47 Å². The van der Waals surface area contributed by atoms with Gasteiger partial charge in [-0.15, -0.1) is 24.0 Å². The molecule has 29 heavy (non-hydrogen) atoms. The second kappa shape index (κ2) is 12.9. The molecule has 6 nitrogen and oxygen atoms in total. The molecule has 0 aromatic heterocycles. The average molecular weight is 535 g/mol. The van der Waals surface area contributed by atoms with Crippen molar-refractivity contribution in [2.24, 2.45) is 4.99 Å².